The lowest BCUT2D eigenvalue weighted by molar-refractivity contribution is -0.121. The molecule has 1 aliphatic rings. The molecule has 1 aromatic heterocycles. The third-order valence-corrected chi connectivity index (χ3v) is 6.19. The van der Waals surface area contributed by atoms with E-state index in [-0.39, 0.29) is 5.78 Å². The van der Waals surface area contributed by atoms with E-state index in [1.807, 2.05) is 32.1 Å². The van der Waals surface area contributed by atoms with Crippen LogP contribution in [0.1, 0.15) is 25.5 Å². The molecule has 1 atom stereocenters. The van der Waals surface area contributed by atoms with E-state index in [0.717, 1.165) is 24.6 Å². The molecule has 24 heavy (non-hydrogen) atoms. The predicted octanol–water partition coefficient (Wildman–Crippen LogP) is 2.66. The van der Waals surface area contributed by atoms with E-state index in [0.29, 0.717) is 18.8 Å². The quantitative estimate of drug-likeness (QED) is 0.559. The van der Waals surface area contributed by atoms with Crippen molar-refractivity contribution >= 4 is 13.9 Å². The van der Waals surface area contributed by atoms with Crippen molar-refractivity contribution in [1.82, 2.24) is 19.9 Å². The molecule has 134 valence electrons. The second kappa shape index (κ2) is 7.19. The van der Waals surface area contributed by atoms with Gasteiger partial charge in [0.2, 0.25) is 0 Å². The second-order valence-corrected chi connectivity index (χ2v) is 13.7. The zero-order valence-corrected chi connectivity index (χ0v) is 16.8. The standard InChI is InChI=1S/C17H30N4O2Si/c1-17(14(12-20(2)3)7-8-16(17)22)15-11-18-21(19-15)13-23-9-10-24(4,5)6/h11-12H,7-10,13H2,1-6H3. The van der Waals surface area contributed by atoms with Crippen molar-refractivity contribution in [3.8, 4) is 0 Å². The van der Waals surface area contributed by atoms with Crippen LogP contribution in [0.5, 0.6) is 0 Å². The van der Waals surface area contributed by atoms with E-state index < -0.39 is 13.5 Å². The minimum atomic E-state index is -1.09. The van der Waals surface area contributed by atoms with Crippen LogP contribution < -0.4 is 0 Å². The van der Waals surface area contributed by atoms with Crippen molar-refractivity contribution in [3.05, 3.63) is 23.7 Å². The Morgan fingerprint density at radius 3 is 2.71 bits per heavy atom. The Bertz CT molecular complexity index is 618. The molecule has 0 N–H and O–H groups in total. The lowest BCUT2D eigenvalue weighted by Crippen LogP contribution is -2.30. The van der Waals surface area contributed by atoms with Crippen LogP contribution in [0.2, 0.25) is 25.7 Å². The lowest BCUT2D eigenvalue weighted by Gasteiger charge is -2.23. The van der Waals surface area contributed by atoms with Gasteiger partial charge in [0.05, 0.1) is 11.6 Å². The molecule has 0 aliphatic heterocycles. The minimum absolute atomic E-state index is 0.210. The van der Waals surface area contributed by atoms with E-state index in [1.54, 1.807) is 11.0 Å². The van der Waals surface area contributed by atoms with E-state index in [1.165, 1.54) is 0 Å². The van der Waals surface area contributed by atoms with Crippen LogP contribution in [0.25, 0.3) is 0 Å². The molecule has 0 bridgehead atoms. The van der Waals surface area contributed by atoms with E-state index >= 15 is 0 Å². The van der Waals surface area contributed by atoms with E-state index in [2.05, 4.69) is 29.8 Å². The summed E-state index contributed by atoms with van der Waals surface area (Å²) in [6.45, 7) is 10.00. The highest BCUT2D eigenvalue weighted by molar-refractivity contribution is 6.76. The Kier molecular flexibility index (Phi) is 5.65. The van der Waals surface area contributed by atoms with Crippen LogP contribution in [0, 0.1) is 0 Å². The van der Waals surface area contributed by atoms with Gasteiger partial charge in [-0.2, -0.15) is 15.0 Å². The van der Waals surface area contributed by atoms with Gasteiger partial charge < -0.3 is 9.64 Å². The average molecular weight is 351 g/mol. The van der Waals surface area contributed by atoms with Gasteiger partial charge in [0.1, 0.15) is 11.5 Å². The maximum atomic E-state index is 12.5. The molecule has 1 fully saturated rings. The number of ketones is 1. The van der Waals surface area contributed by atoms with Gasteiger partial charge in [0.15, 0.2) is 6.73 Å². The van der Waals surface area contributed by atoms with Crippen molar-refractivity contribution in [2.75, 3.05) is 20.7 Å². The Balaban J connectivity index is 2.07. The summed E-state index contributed by atoms with van der Waals surface area (Å²) in [6.07, 6.45) is 5.09. The molecular formula is C17H30N4O2Si. The molecule has 0 radical (unpaired) electrons. The van der Waals surface area contributed by atoms with Gasteiger partial charge in [-0.05, 0) is 31.2 Å². The van der Waals surface area contributed by atoms with E-state index in [9.17, 15) is 4.79 Å². The molecule has 1 aromatic rings. The number of hydrogen-bond acceptors (Lipinski definition) is 5. The number of carbonyl (C=O) groups is 1. The number of Topliss-reactive ketones (excluding diaryl/α,β-unsaturated/α-hetero) is 1. The summed E-state index contributed by atoms with van der Waals surface area (Å²) in [5.74, 6) is 0.210. The average Bonchev–Trinajstić information content (AvgIpc) is 3.03. The molecule has 1 heterocycles. The number of hydrogen-bond donors (Lipinski definition) is 0. The molecule has 6 nitrogen and oxygen atoms in total. The Morgan fingerprint density at radius 2 is 2.08 bits per heavy atom. The summed E-state index contributed by atoms with van der Waals surface area (Å²) in [7, 11) is 2.85. The van der Waals surface area contributed by atoms with Crippen molar-refractivity contribution in [2.45, 2.75) is 57.6 Å². The SMILES string of the molecule is CN(C)C=C1CCC(=O)C1(C)c1cnn(COCC[Si](C)(C)C)n1. The summed E-state index contributed by atoms with van der Waals surface area (Å²) in [5.41, 5.74) is 1.15. The summed E-state index contributed by atoms with van der Waals surface area (Å²) in [5, 5.41) is 8.80. The number of allylic oxidation sites excluding steroid dienone is 1. The van der Waals surface area contributed by atoms with Gasteiger partial charge in [-0.3, -0.25) is 4.79 Å². The first-order valence-electron chi connectivity index (χ1n) is 8.52. The Labute approximate surface area is 145 Å². The number of aromatic nitrogens is 3. The normalized spacial score (nSPS) is 23.2. The zero-order chi connectivity index (χ0) is 18.0. The highest BCUT2D eigenvalue weighted by Gasteiger charge is 2.45. The van der Waals surface area contributed by atoms with Gasteiger partial charge in [0, 0.05) is 35.2 Å². The van der Waals surface area contributed by atoms with Crippen LogP contribution in [-0.2, 0) is 21.7 Å². The molecule has 1 aliphatic carbocycles. The molecule has 0 saturated heterocycles. The molecular weight excluding hydrogens is 320 g/mol. The number of ether oxygens (including phenoxy) is 1. The van der Waals surface area contributed by atoms with Crippen molar-refractivity contribution in [3.63, 3.8) is 0 Å². The lowest BCUT2D eigenvalue weighted by atomic mass is 9.81. The fourth-order valence-corrected chi connectivity index (χ4v) is 3.61. The molecule has 7 heteroatoms. The van der Waals surface area contributed by atoms with Crippen molar-refractivity contribution < 1.29 is 9.53 Å². The van der Waals surface area contributed by atoms with Crippen LogP contribution in [0.3, 0.4) is 0 Å². The first-order valence-corrected chi connectivity index (χ1v) is 12.2. The molecule has 1 saturated carbocycles. The van der Waals surface area contributed by atoms with Crippen LogP contribution in [0.4, 0.5) is 0 Å². The third-order valence-electron chi connectivity index (χ3n) is 4.49. The smallest absolute Gasteiger partial charge is 0.158 e. The maximum Gasteiger partial charge on any atom is 0.158 e. The summed E-state index contributed by atoms with van der Waals surface area (Å²) < 4.78 is 5.69. The van der Waals surface area contributed by atoms with Gasteiger partial charge in [-0.15, -0.1) is 0 Å². The number of nitrogens with zero attached hydrogens (tertiary/aromatic N) is 4. The monoisotopic (exact) mass is 350 g/mol. The predicted molar refractivity (Wildman–Crippen MR) is 97.5 cm³/mol. The highest BCUT2D eigenvalue weighted by atomic mass is 28.3. The van der Waals surface area contributed by atoms with Gasteiger partial charge in [-0.1, -0.05) is 19.6 Å². The first kappa shape index (κ1) is 18.9. The highest BCUT2D eigenvalue weighted by Crippen LogP contribution is 2.41. The van der Waals surface area contributed by atoms with Gasteiger partial charge in [-0.25, -0.2) is 0 Å². The molecule has 2 rings (SSSR count). The molecule has 0 amide bonds. The third kappa shape index (κ3) is 4.33. The van der Waals surface area contributed by atoms with Crippen LogP contribution >= 0.6 is 0 Å². The molecule has 0 spiro atoms. The summed E-state index contributed by atoms with van der Waals surface area (Å²) >= 11 is 0. The Hall–Kier alpha value is -1.47. The summed E-state index contributed by atoms with van der Waals surface area (Å²) in [4.78, 5) is 16.0. The number of carbonyl (C=O) groups excluding carboxylic acids is 1. The summed E-state index contributed by atoms with van der Waals surface area (Å²) in [6, 6.07) is 1.12. The van der Waals surface area contributed by atoms with Crippen LogP contribution in [-0.4, -0.2) is 54.5 Å². The molecule has 0 aromatic carbocycles. The fraction of sp³-hybridized carbons (Fsp3) is 0.706. The first-order chi connectivity index (χ1) is 11.1. The Morgan fingerprint density at radius 1 is 1.38 bits per heavy atom. The maximum absolute atomic E-state index is 12.5. The number of rotatable bonds is 7. The fourth-order valence-electron chi connectivity index (χ4n) is 2.85. The van der Waals surface area contributed by atoms with Crippen molar-refractivity contribution in [1.29, 1.82) is 0 Å². The van der Waals surface area contributed by atoms with Crippen molar-refractivity contribution in [2.24, 2.45) is 0 Å². The van der Waals surface area contributed by atoms with Crippen LogP contribution in [0.15, 0.2) is 18.0 Å². The topological polar surface area (TPSA) is 60.2 Å². The largest absolute Gasteiger partial charge is 0.383 e. The minimum Gasteiger partial charge on any atom is -0.383 e. The zero-order valence-electron chi connectivity index (χ0n) is 15.8. The van der Waals surface area contributed by atoms with E-state index in [4.69, 9.17) is 4.74 Å². The second-order valence-electron chi connectivity index (χ2n) is 8.12. The van der Waals surface area contributed by atoms with Gasteiger partial charge in [0.25, 0.3) is 0 Å². The molecule has 1 unspecified atom stereocenters. The van der Waals surface area contributed by atoms with Gasteiger partial charge >= 0.3 is 0 Å².